The standard InChI is InChI=1S/C16H17ClFN5O2/c1-9(24)5-6-23-13-7-10(3-4-12(13)22(2)16(23)25)20-14-11(17)8-19-15(18)21-14/h3-4,7-9,24H,5-6H2,1-2H3,(H,19,20,21)/t9-/m0/s1. The summed E-state index contributed by atoms with van der Waals surface area (Å²) in [4.78, 5) is 19.4. The topological polar surface area (TPSA) is 85.0 Å². The third kappa shape index (κ3) is 3.49. The number of nitrogens with zero attached hydrogens (tertiary/aromatic N) is 4. The maximum absolute atomic E-state index is 13.2. The zero-order valence-corrected chi connectivity index (χ0v) is 14.5. The van der Waals surface area contributed by atoms with E-state index in [4.69, 9.17) is 11.6 Å². The molecule has 3 rings (SSSR count). The van der Waals surface area contributed by atoms with Crippen molar-refractivity contribution in [3.63, 3.8) is 0 Å². The van der Waals surface area contributed by atoms with Crippen LogP contribution < -0.4 is 11.0 Å². The van der Waals surface area contributed by atoms with Gasteiger partial charge in [-0.15, -0.1) is 0 Å². The van der Waals surface area contributed by atoms with E-state index >= 15 is 0 Å². The SMILES string of the molecule is C[C@H](O)CCn1c(=O)n(C)c2ccc(Nc3nc(F)ncc3Cl)cc21. The Kier molecular flexibility index (Phi) is 4.73. The second-order valence-corrected chi connectivity index (χ2v) is 6.20. The van der Waals surface area contributed by atoms with Crippen molar-refractivity contribution in [2.24, 2.45) is 7.05 Å². The van der Waals surface area contributed by atoms with Gasteiger partial charge in [0.2, 0.25) is 0 Å². The van der Waals surface area contributed by atoms with E-state index in [2.05, 4.69) is 15.3 Å². The Labute approximate surface area is 147 Å². The molecule has 0 aliphatic heterocycles. The van der Waals surface area contributed by atoms with Crippen molar-refractivity contribution >= 4 is 34.1 Å². The predicted molar refractivity (Wildman–Crippen MR) is 93.8 cm³/mol. The Bertz CT molecular complexity index is 983. The van der Waals surface area contributed by atoms with Crippen molar-refractivity contribution in [1.29, 1.82) is 0 Å². The first-order valence-corrected chi connectivity index (χ1v) is 8.07. The van der Waals surface area contributed by atoms with Crippen LogP contribution in [0.5, 0.6) is 0 Å². The van der Waals surface area contributed by atoms with E-state index in [0.29, 0.717) is 24.2 Å². The molecule has 0 unspecified atom stereocenters. The monoisotopic (exact) mass is 365 g/mol. The number of rotatable bonds is 5. The van der Waals surface area contributed by atoms with Crippen LogP contribution in [-0.2, 0) is 13.6 Å². The van der Waals surface area contributed by atoms with Crippen molar-refractivity contribution in [1.82, 2.24) is 19.1 Å². The number of hydrogen-bond acceptors (Lipinski definition) is 5. The molecular weight excluding hydrogens is 349 g/mol. The number of benzene rings is 1. The van der Waals surface area contributed by atoms with Gasteiger partial charge in [0, 0.05) is 19.3 Å². The molecule has 3 aromatic rings. The first-order chi connectivity index (χ1) is 11.9. The molecule has 0 amide bonds. The summed E-state index contributed by atoms with van der Waals surface area (Å²) in [7, 11) is 1.69. The normalized spacial score (nSPS) is 12.5. The van der Waals surface area contributed by atoms with Gasteiger partial charge < -0.3 is 10.4 Å². The van der Waals surface area contributed by atoms with Gasteiger partial charge in [-0.05, 0) is 31.5 Å². The molecule has 0 saturated heterocycles. The Balaban J connectivity index is 2.02. The summed E-state index contributed by atoms with van der Waals surface area (Å²) in [5.41, 5.74) is 1.88. The minimum Gasteiger partial charge on any atom is -0.393 e. The van der Waals surface area contributed by atoms with E-state index in [1.165, 1.54) is 6.20 Å². The molecule has 132 valence electrons. The number of aromatic nitrogens is 4. The summed E-state index contributed by atoms with van der Waals surface area (Å²) < 4.78 is 16.3. The smallest absolute Gasteiger partial charge is 0.328 e. The average molecular weight is 366 g/mol. The van der Waals surface area contributed by atoms with Gasteiger partial charge in [-0.1, -0.05) is 11.6 Å². The van der Waals surface area contributed by atoms with Gasteiger partial charge in [-0.3, -0.25) is 9.13 Å². The Morgan fingerprint density at radius 1 is 1.40 bits per heavy atom. The zero-order chi connectivity index (χ0) is 18.1. The van der Waals surface area contributed by atoms with Crippen LogP contribution in [0, 0.1) is 6.08 Å². The Hall–Kier alpha value is -2.45. The first-order valence-electron chi connectivity index (χ1n) is 7.69. The number of aryl methyl sites for hydroxylation is 2. The fourth-order valence-corrected chi connectivity index (χ4v) is 2.73. The second-order valence-electron chi connectivity index (χ2n) is 5.79. The Morgan fingerprint density at radius 2 is 2.16 bits per heavy atom. The van der Waals surface area contributed by atoms with Gasteiger partial charge in [-0.2, -0.15) is 9.37 Å². The summed E-state index contributed by atoms with van der Waals surface area (Å²) >= 11 is 5.97. The molecule has 0 saturated carbocycles. The minimum absolute atomic E-state index is 0.141. The highest BCUT2D eigenvalue weighted by Gasteiger charge is 2.13. The molecule has 0 aliphatic rings. The second kappa shape index (κ2) is 6.81. The molecule has 1 atom stereocenters. The fourth-order valence-electron chi connectivity index (χ4n) is 2.59. The molecule has 1 aromatic carbocycles. The summed E-state index contributed by atoms with van der Waals surface area (Å²) in [6.45, 7) is 2.06. The maximum Gasteiger partial charge on any atom is 0.328 e. The number of aliphatic hydroxyl groups is 1. The van der Waals surface area contributed by atoms with Gasteiger partial charge in [0.15, 0.2) is 5.82 Å². The molecule has 0 bridgehead atoms. The first kappa shape index (κ1) is 17.4. The van der Waals surface area contributed by atoms with E-state index in [1.54, 1.807) is 41.3 Å². The van der Waals surface area contributed by atoms with Crippen LogP contribution in [0.1, 0.15) is 13.3 Å². The number of nitrogens with one attached hydrogen (secondary N) is 1. The number of imidazole rings is 1. The van der Waals surface area contributed by atoms with Crippen LogP contribution in [0.2, 0.25) is 5.02 Å². The minimum atomic E-state index is -0.887. The van der Waals surface area contributed by atoms with Crippen molar-refractivity contribution in [2.45, 2.75) is 26.0 Å². The molecule has 0 aliphatic carbocycles. The van der Waals surface area contributed by atoms with Crippen LogP contribution in [0.25, 0.3) is 11.0 Å². The molecule has 0 fully saturated rings. The average Bonchev–Trinajstić information content (AvgIpc) is 2.80. The Morgan fingerprint density at radius 3 is 2.88 bits per heavy atom. The van der Waals surface area contributed by atoms with Gasteiger partial charge in [-0.25, -0.2) is 9.78 Å². The van der Waals surface area contributed by atoms with Gasteiger partial charge >= 0.3 is 11.8 Å². The summed E-state index contributed by atoms with van der Waals surface area (Å²) in [6, 6.07) is 5.29. The quantitative estimate of drug-likeness (QED) is 0.678. The van der Waals surface area contributed by atoms with E-state index in [0.717, 1.165) is 5.52 Å². The lowest BCUT2D eigenvalue weighted by molar-refractivity contribution is 0.178. The van der Waals surface area contributed by atoms with Gasteiger partial charge in [0.05, 0.1) is 23.3 Å². The molecule has 2 aromatic heterocycles. The molecule has 2 heterocycles. The highest BCUT2D eigenvalue weighted by atomic mass is 35.5. The molecule has 7 nitrogen and oxygen atoms in total. The van der Waals surface area contributed by atoms with Crippen LogP contribution in [0.15, 0.2) is 29.2 Å². The van der Waals surface area contributed by atoms with E-state index in [1.807, 2.05) is 0 Å². The highest BCUT2D eigenvalue weighted by Crippen LogP contribution is 2.25. The van der Waals surface area contributed by atoms with Gasteiger partial charge in [0.25, 0.3) is 0 Å². The summed E-state index contributed by atoms with van der Waals surface area (Å²) in [5.74, 6) is 0.141. The lowest BCUT2D eigenvalue weighted by Crippen LogP contribution is -2.23. The molecule has 0 spiro atoms. The zero-order valence-electron chi connectivity index (χ0n) is 13.7. The molecule has 0 radical (unpaired) electrons. The van der Waals surface area contributed by atoms with Gasteiger partial charge in [0.1, 0.15) is 5.02 Å². The third-order valence-electron chi connectivity index (χ3n) is 3.89. The van der Waals surface area contributed by atoms with Crippen LogP contribution in [0.4, 0.5) is 15.9 Å². The van der Waals surface area contributed by atoms with Crippen LogP contribution in [0.3, 0.4) is 0 Å². The van der Waals surface area contributed by atoms with Crippen LogP contribution in [-0.4, -0.2) is 30.3 Å². The van der Waals surface area contributed by atoms with Crippen molar-refractivity contribution in [3.8, 4) is 0 Å². The van der Waals surface area contributed by atoms with Crippen molar-refractivity contribution in [3.05, 3.63) is 46.0 Å². The van der Waals surface area contributed by atoms with E-state index < -0.39 is 12.2 Å². The number of anilines is 2. The number of fused-ring (bicyclic) bond motifs is 1. The number of aliphatic hydroxyl groups excluding tert-OH is 1. The fraction of sp³-hybridized carbons (Fsp3) is 0.312. The number of halogens is 2. The molecule has 9 heteroatoms. The summed E-state index contributed by atoms with van der Waals surface area (Å²) in [6.07, 6.45) is 0.235. The summed E-state index contributed by atoms with van der Waals surface area (Å²) in [5, 5.41) is 12.6. The number of hydrogen-bond donors (Lipinski definition) is 2. The predicted octanol–water partition coefficient (Wildman–Crippen LogP) is 2.44. The van der Waals surface area contributed by atoms with E-state index in [-0.39, 0.29) is 16.5 Å². The lowest BCUT2D eigenvalue weighted by atomic mass is 10.2. The molecule has 25 heavy (non-hydrogen) atoms. The van der Waals surface area contributed by atoms with Crippen molar-refractivity contribution in [2.75, 3.05) is 5.32 Å². The largest absolute Gasteiger partial charge is 0.393 e. The maximum atomic E-state index is 13.2. The lowest BCUT2D eigenvalue weighted by Gasteiger charge is -2.09. The third-order valence-corrected chi connectivity index (χ3v) is 4.17. The van der Waals surface area contributed by atoms with E-state index in [9.17, 15) is 14.3 Å². The molecular formula is C16H17ClFN5O2. The molecule has 2 N–H and O–H groups in total. The van der Waals surface area contributed by atoms with Crippen molar-refractivity contribution < 1.29 is 9.50 Å². The highest BCUT2D eigenvalue weighted by molar-refractivity contribution is 6.32. The van der Waals surface area contributed by atoms with Crippen LogP contribution >= 0.6 is 11.6 Å².